The van der Waals surface area contributed by atoms with E-state index in [4.69, 9.17) is 9.47 Å². The molecule has 1 rings (SSSR count). The van der Waals surface area contributed by atoms with Crippen LogP contribution in [0.25, 0.3) is 0 Å². The summed E-state index contributed by atoms with van der Waals surface area (Å²) < 4.78 is 9.96. The number of hydrogen-bond acceptors (Lipinski definition) is 4. The molecule has 0 saturated heterocycles. The van der Waals surface area contributed by atoms with Crippen molar-refractivity contribution in [3.8, 4) is 0 Å². The summed E-state index contributed by atoms with van der Waals surface area (Å²) in [5.74, 6) is -0.283. The lowest BCUT2D eigenvalue weighted by Crippen LogP contribution is -2.22. The highest BCUT2D eigenvalue weighted by Crippen LogP contribution is 2.25. The van der Waals surface area contributed by atoms with Crippen LogP contribution in [-0.4, -0.2) is 31.6 Å². The van der Waals surface area contributed by atoms with E-state index in [0.717, 1.165) is 25.7 Å². The van der Waals surface area contributed by atoms with Crippen LogP contribution in [0.1, 0.15) is 45.4 Å². The number of carbonyl (C=O) groups is 2. The Labute approximate surface area is 103 Å². The van der Waals surface area contributed by atoms with Gasteiger partial charge in [0.15, 0.2) is 0 Å². The van der Waals surface area contributed by atoms with Crippen LogP contribution in [-0.2, 0) is 19.1 Å². The third-order valence-electron chi connectivity index (χ3n) is 3.07. The van der Waals surface area contributed by atoms with Crippen LogP contribution in [0.2, 0.25) is 0 Å². The smallest absolute Gasteiger partial charge is 0.313 e. The molecule has 1 saturated carbocycles. The molecule has 4 heteroatoms. The molecule has 0 N–H and O–H groups in total. The molecule has 0 atom stereocenters. The first kappa shape index (κ1) is 14.2. The number of ketones is 1. The lowest BCUT2D eigenvalue weighted by atomic mass is 9.85. The topological polar surface area (TPSA) is 52.6 Å². The van der Waals surface area contributed by atoms with E-state index in [1.165, 1.54) is 6.42 Å². The maximum atomic E-state index is 11.8. The van der Waals surface area contributed by atoms with Crippen molar-refractivity contribution in [1.82, 2.24) is 0 Å². The molecule has 0 aromatic heterocycles. The molecule has 0 spiro atoms. The Morgan fingerprint density at radius 2 is 1.82 bits per heavy atom. The number of rotatable bonds is 7. The van der Waals surface area contributed by atoms with Gasteiger partial charge in [0.25, 0.3) is 0 Å². The Kier molecular flexibility index (Phi) is 6.86. The highest BCUT2D eigenvalue weighted by molar-refractivity contribution is 5.96. The largest absolute Gasteiger partial charge is 0.463 e. The Balaban J connectivity index is 2.14. The van der Waals surface area contributed by atoms with Gasteiger partial charge in [-0.1, -0.05) is 19.3 Å². The first-order chi connectivity index (χ1) is 8.24. The fourth-order valence-corrected chi connectivity index (χ4v) is 2.12. The fraction of sp³-hybridized carbons (Fsp3) is 0.846. The number of carbonyl (C=O) groups excluding carboxylic acids is 2. The highest BCUT2D eigenvalue weighted by Gasteiger charge is 2.23. The maximum absolute atomic E-state index is 11.8. The molecule has 1 fully saturated rings. The number of esters is 1. The van der Waals surface area contributed by atoms with E-state index in [9.17, 15) is 9.59 Å². The van der Waals surface area contributed by atoms with Gasteiger partial charge in [0, 0.05) is 12.5 Å². The van der Waals surface area contributed by atoms with Crippen LogP contribution in [0, 0.1) is 5.92 Å². The Bertz CT molecular complexity index is 244. The van der Waals surface area contributed by atoms with Crippen LogP contribution < -0.4 is 0 Å². The molecule has 0 aliphatic heterocycles. The van der Waals surface area contributed by atoms with E-state index < -0.39 is 5.97 Å². The van der Waals surface area contributed by atoms with Gasteiger partial charge in [-0.3, -0.25) is 9.59 Å². The highest BCUT2D eigenvalue weighted by atomic mass is 16.6. The summed E-state index contributed by atoms with van der Waals surface area (Å²) in [7, 11) is 0. The summed E-state index contributed by atoms with van der Waals surface area (Å²) in [6.07, 6.45) is 5.22. The third-order valence-corrected chi connectivity index (χ3v) is 3.07. The van der Waals surface area contributed by atoms with E-state index in [0.29, 0.717) is 13.2 Å². The molecule has 0 aromatic rings. The quantitative estimate of drug-likeness (QED) is 0.390. The van der Waals surface area contributed by atoms with Crippen LogP contribution in [0.5, 0.6) is 0 Å². The van der Waals surface area contributed by atoms with E-state index in [2.05, 4.69) is 0 Å². The molecule has 17 heavy (non-hydrogen) atoms. The zero-order chi connectivity index (χ0) is 12.5. The predicted molar refractivity (Wildman–Crippen MR) is 63.7 cm³/mol. The summed E-state index contributed by atoms with van der Waals surface area (Å²) in [4.78, 5) is 23.1. The molecule has 0 amide bonds. The Morgan fingerprint density at radius 3 is 2.47 bits per heavy atom. The van der Waals surface area contributed by atoms with Crippen molar-refractivity contribution in [2.45, 2.75) is 45.4 Å². The van der Waals surface area contributed by atoms with Crippen molar-refractivity contribution in [2.24, 2.45) is 5.92 Å². The summed E-state index contributed by atoms with van der Waals surface area (Å²) in [5.41, 5.74) is 0. The van der Waals surface area contributed by atoms with Crippen molar-refractivity contribution in [3.05, 3.63) is 0 Å². The minimum atomic E-state index is -0.416. The lowest BCUT2D eigenvalue weighted by molar-refractivity contribution is -0.148. The second kappa shape index (κ2) is 8.23. The average Bonchev–Trinajstić information content (AvgIpc) is 2.36. The summed E-state index contributed by atoms with van der Waals surface area (Å²) in [5, 5.41) is 0. The molecule has 1 aliphatic rings. The zero-order valence-corrected chi connectivity index (χ0v) is 10.6. The van der Waals surface area contributed by atoms with Gasteiger partial charge < -0.3 is 9.47 Å². The zero-order valence-electron chi connectivity index (χ0n) is 10.6. The molecule has 0 unspecified atom stereocenters. The second-order valence-corrected chi connectivity index (χ2v) is 4.40. The van der Waals surface area contributed by atoms with Crippen molar-refractivity contribution in [3.63, 3.8) is 0 Å². The normalized spacial score (nSPS) is 16.8. The molecule has 98 valence electrons. The molecular weight excluding hydrogens is 220 g/mol. The average molecular weight is 242 g/mol. The second-order valence-electron chi connectivity index (χ2n) is 4.40. The Hall–Kier alpha value is -0.900. The van der Waals surface area contributed by atoms with Gasteiger partial charge in [-0.25, -0.2) is 0 Å². The Morgan fingerprint density at radius 1 is 1.12 bits per heavy atom. The van der Waals surface area contributed by atoms with Crippen molar-refractivity contribution >= 4 is 11.8 Å². The van der Waals surface area contributed by atoms with Crippen molar-refractivity contribution in [1.29, 1.82) is 0 Å². The van der Waals surface area contributed by atoms with Crippen molar-refractivity contribution in [2.75, 3.05) is 19.8 Å². The number of Topliss-reactive ketones (excluding diaryl/α,β-unsaturated/α-hetero) is 1. The molecule has 0 bridgehead atoms. The van der Waals surface area contributed by atoms with E-state index in [1.54, 1.807) is 0 Å². The molecular formula is C13H22O4. The van der Waals surface area contributed by atoms with E-state index in [1.807, 2.05) is 6.92 Å². The number of hydrogen-bond donors (Lipinski definition) is 0. The first-order valence-electron chi connectivity index (χ1n) is 6.50. The van der Waals surface area contributed by atoms with Crippen LogP contribution in [0.4, 0.5) is 0 Å². The van der Waals surface area contributed by atoms with Gasteiger partial charge in [0.2, 0.25) is 0 Å². The maximum Gasteiger partial charge on any atom is 0.313 e. The molecule has 4 nitrogen and oxygen atoms in total. The monoisotopic (exact) mass is 242 g/mol. The van der Waals surface area contributed by atoms with Gasteiger partial charge in [-0.2, -0.15) is 0 Å². The third kappa shape index (κ3) is 5.82. The van der Waals surface area contributed by atoms with Gasteiger partial charge in [0.05, 0.1) is 6.61 Å². The van der Waals surface area contributed by atoms with E-state index in [-0.39, 0.29) is 24.7 Å². The SMILES string of the molecule is CCOCCOC(=O)CC(=O)C1CCCCC1. The van der Waals surface area contributed by atoms with Crippen LogP contribution in [0.3, 0.4) is 0 Å². The summed E-state index contributed by atoms with van der Waals surface area (Å²) >= 11 is 0. The van der Waals surface area contributed by atoms with Gasteiger partial charge in [-0.15, -0.1) is 0 Å². The van der Waals surface area contributed by atoms with Gasteiger partial charge in [0.1, 0.15) is 18.8 Å². The summed E-state index contributed by atoms with van der Waals surface area (Å²) in [6.45, 7) is 3.14. The lowest BCUT2D eigenvalue weighted by Gasteiger charge is -2.19. The minimum Gasteiger partial charge on any atom is -0.463 e. The molecule has 1 aliphatic carbocycles. The van der Waals surface area contributed by atoms with Crippen LogP contribution in [0.15, 0.2) is 0 Å². The molecule has 0 aromatic carbocycles. The van der Waals surface area contributed by atoms with Crippen LogP contribution >= 0.6 is 0 Å². The number of ether oxygens (including phenoxy) is 2. The van der Waals surface area contributed by atoms with Gasteiger partial charge in [-0.05, 0) is 19.8 Å². The van der Waals surface area contributed by atoms with Crippen molar-refractivity contribution < 1.29 is 19.1 Å². The predicted octanol–water partition coefficient (Wildman–Crippen LogP) is 2.11. The molecule has 0 heterocycles. The first-order valence-corrected chi connectivity index (χ1v) is 6.50. The molecule has 0 radical (unpaired) electrons. The standard InChI is InChI=1S/C13H22O4/c1-2-16-8-9-17-13(15)10-12(14)11-6-4-3-5-7-11/h11H,2-10H2,1H3. The summed E-state index contributed by atoms with van der Waals surface area (Å²) in [6, 6.07) is 0. The van der Waals surface area contributed by atoms with E-state index >= 15 is 0 Å². The minimum absolute atomic E-state index is 0.0473. The fourth-order valence-electron chi connectivity index (χ4n) is 2.12. The van der Waals surface area contributed by atoms with Gasteiger partial charge >= 0.3 is 5.97 Å².